The number of carbonyl (C=O) groups is 3. The van der Waals surface area contributed by atoms with E-state index in [1.165, 1.54) is 19.3 Å². The number of nitrogen functional groups attached to an aromatic ring is 5. The summed E-state index contributed by atoms with van der Waals surface area (Å²) in [5, 5.41) is 0. The second-order valence-electron chi connectivity index (χ2n) is 27.6. The quantitative estimate of drug-likeness (QED) is 0.0856. The number of amides is 3. The van der Waals surface area contributed by atoms with Gasteiger partial charge in [-0.05, 0) is 121 Å². The third-order valence-electron chi connectivity index (χ3n) is 16.6. The average molecular weight is 1250 g/mol. The van der Waals surface area contributed by atoms with E-state index in [0.29, 0.717) is 57.5 Å². The minimum absolute atomic E-state index is 0.0746. The first-order valence-electron chi connectivity index (χ1n) is 31.1. The molecule has 4 saturated carbocycles. The van der Waals surface area contributed by atoms with Gasteiger partial charge in [-0.3, -0.25) is 24.9 Å². The first-order chi connectivity index (χ1) is 42.4. The lowest BCUT2D eigenvalue weighted by Gasteiger charge is -2.60. The zero-order valence-corrected chi connectivity index (χ0v) is 54.4. The maximum absolute atomic E-state index is 12.2. The fraction of sp³-hybridized carbons (Fsp3) is 0.576. The molecular formula is C66H95N13O11. The summed E-state index contributed by atoms with van der Waals surface area (Å²) in [6, 6.07) is 8.97. The van der Waals surface area contributed by atoms with Crippen LogP contribution < -0.4 is 52.4 Å². The Bertz CT molecular complexity index is 3110. The van der Waals surface area contributed by atoms with Crippen LogP contribution in [-0.4, -0.2) is 143 Å². The Morgan fingerprint density at radius 1 is 0.478 bits per heavy atom. The number of hydrogen-bond acceptors (Lipinski definition) is 21. The molecule has 490 valence electrons. The number of ether oxygens (including phenoxy) is 8. The van der Waals surface area contributed by atoms with Gasteiger partial charge < -0.3 is 81.3 Å². The van der Waals surface area contributed by atoms with Crippen molar-refractivity contribution < 1.29 is 52.3 Å². The van der Waals surface area contributed by atoms with E-state index in [0.717, 1.165) is 102 Å². The van der Waals surface area contributed by atoms with Gasteiger partial charge in [-0.25, -0.2) is 14.4 Å². The molecule has 5 aromatic heterocycles. The molecule has 24 nitrogen and oxygen atoms in total. The van der Waals surface area contributed by atoms with Crippen molar-refractivity contribution in [3.63, 3.8) is 0 Å². The average Bonchev–Trinajstić information content (AvgIpc) is 0.746. The molecule has 0 bridgehead atoms. The van der Waals surface area contributed by atoms with Crippen molar-refractivity contribution in [3.05, 3.63) is 91.8 Å². The largest absolute Gasteiger partial charge is 0.494 e. The van der Waals surface area contributed by atoms with Gasteiger partial charge in [-0.15, -0.1) is 0 Å². The number of nitrogens with two attached hydrogens (primary N) is 5. The van der Waals surface area contributed by atoms with Crippen LogP contribution in [0.15, 0.2) is 86.1 Å². The summed E-state index contributed by atoms with van der Waals surface area (Å²) in [5.74, 6) is 3.49. The topological polar surface area (TPSA) is 329 Å². The minimum Gasteiger partial charge on any atom is -0.494 e. The number of aryl methyl sites for hydroxylation is 1. The smallest absolute Gasteiger partial charge is 0.410 e. The van der Waals surface area contributed by atoms with Crippen LogP contribution in [0.1, 0.15) is 151 Å². The lowest BCUT2D eigenvalue weighted by atomic mass is 9.62. The Labute approximate surface area is 529 Å². The summed E-state index contributed by atoms with van der Waals surface area (Å²) < 4.78 is 44.8. The molecular weight excluding hydrogens is 1150 g/mol. The van der Waals surface area contributed by atoms with Gasteiger partial charge >= 0.3 is 18.3 Å². The van der Waals surface area contributed by atoms with Gasteiger partial charge in [0.1, 0.15) is 63.9 Å². The van der Waals surface area contributed by atoms with E-state index >= 15 is 0 Å². The number of methoxy groups -OCH3 is 1. The van der Waals surface area contributed by atoms with Crippen LogP contribution in [-0.2, 0) is 14.2 Å². The molecule has 8 heterocycles. The van der Waals surface area contributed by atoms with E-state index in [9.17, 15) is 14.4 Å². The van der Waals surface area contributed by atoms with Crippen molar-refractivity contribution in [2.75, 3.05) is 62.0 Å². The highest BCUT2D eigenvalue weighted by atomic mass is 16.6. The van der Waals surface area contributed by atoms with Crippen molar-refractivity contribution in [1.29, 1.82) is 0 Å². The lowest BCUT2D eigenvalue weighted by Crippen LogP contribution is -2.70. The van der Waals surface area contributed by atoms with E-state index in [2.05, 4.69) is 24.9 Å². The number of likely N-dealkylation sites (tertiary alicyclic amines) is 3. The SMILES string of the molecule is CC(C)(C)OC(=O)N1CC2(CC(Oc3ccncc3N)C2)C1.CC(C)(C)OC(=O)N1CCC12CC(Oc1ccncc1N)C2.CC(C)(C)OC(=O)N1CCC12CC(Oc1ccncc1N)C2.COc1cc(C)ncc1N.Nc1cnccc1OC1CCCCC1. The lowest BCUT2D eigenvalue weighted by molar-refractivity contribution is -0.122. The summed E-state index contributed by atoms with van der Waals surface area (Å²) in [6.45, 7) is 21.9. The van der Waals surface area contributed by atoms with E-state index in [1.807, 2.05) is 85.1 Å². The molecule has 24 heteroatoms. The van der Waals surface area contributed by atoms with Crippen molar-refractivity contribution in [3.8, 4) is 28.7 Å². The van der Waals surface area contributed by atoms with Crippen molar-refractivity contribution in [1.82, 2.24) is 39.6 Å². The number of hydrogen-bond donors (Lipinski definition) is 5. The molecule has 90 heavy (non-hydrogen) atoms. The molecule has 7 fully saturated rings. The van der Waals surface area contributed by atoms with Gasteiger partial charge in [0.2, 0.25) is 0 Å². The molecule has 0 atom stereocenters. The zero-order chi connectivity index (χ0) is 65.2. The van der Waals surface area contributed by atoms with Gasteiger partial charge in [-0.1, -0.05) is 6.42 Å². The Kier molecular flexibility index (Phi) is 21.1. The number of carbonyl (C=O) groups excluding carboxylic acids is 3. The molecule has 3 spiro atoms. The zero-order valence-electron chi connectivity index (χ0n) is 54.4. The Morgan fingerprint density at radius 2 is 0.822 bits per heavy atom. The number of anilines is 5. The predicted molar refractivity (Wildman–Crippen MR) is 344 cm³/mol. The molecule has 4 aliphatic carbocycles. The molecule has 0 aromatic carbocycles. The van der Waals surface area contributed by atoms with Crippen LogP contribution in [0.25, 0.3) is 0 Å². The molecule has 0 radical (unpaired) electrons. The number of rotatable bonds is 9. The first-order valence-corrected chi connectivity index (χ1v) is 31.1. The number of aromatic nitrogens is 5. The Morgan fingerprint density at radius 3 is 1.14 bits per heavy atom. The molecule has 7 aliphatic rings. The molecule has 10 N–H and O–H groups in total. The van der Waals surface area contributed by atoms with Crippen LogP contribution >= 0.6 is 0 Å². The summed E-state index contributed by atoms with van der Waals surface area (Å²) in [7, 11) is 1.59. The van der Waals surface area contributed by atoms with E-state index in [4.69, 9.17) is 66.6 Å². The van der Waals surface area contributed by atoms with Crippen LogP contribution in [0.4, 0.5) is 42.8 Å². The van der Waals surface area contributed by atoms with Crippen LogP contribution in [0.3, 0.4) is 0 Å². The maximum atomic E-state index is 12.2. The Hall–Kier alpha value is -8.44. The number of pyridine rings is 5. The third kappa shape index (κ3) is 17.9. The Balaban J connectivity index is 0.000000149. The summed E-state index contributed by atoms with van der Waals surface area (Å²) in [4.78, 5) is 61.5. The first kappa shape index (κ1) is 67.5. The minimum atomic E-state index is -0.459. The van der Waals surface area contributed by atoms with Gasteiger partial charge in [0.05, 0.1) is 83.7 Å². The molecule has 3 saturated heterocycles. The van der Waals surface area contributed by atoms with Gasteiger partial charge in [-0.2, -0.15) is 0 Å². The maximum Gasteiger partial charge on any atom is 0.410 e. The van der Waals surface area contributed by atoms with Crippen molar-refractivity contribution in [2.24, 2.45) is 5.41 Å². The third-order valence-corrected chi connectivity index (χ3v) is 16.6. The summed E-state index contributed by atoms with van der Waals surface area (Å²) in [5.41, 5.74) is 31.2. The molecule has 0 unspecified atom stereocenters. The highest BCUT2D eigenvalue weighted by molar-refractivity contribution is 5.72. The summed E-state index contributed by atoms with van der Waals surface area (Å²) >= 11 is 0. The van der Waals surface area contributed by atoms with E-state index < -0.39 is 16.8 Å². The number of nitrogens with zero attached hydrogens (tertiary/aromatic N) is 8. The monoisotopic (exact) mass is 1250 g/mol. The van der Waals surface area contributed by atoms with E-state index in [1.54, 1.807) is 92.0 Å². The van der Waals surface area contributed by atoms with Gasteiger partial charge in [0.15, 0.2) is 0 Å². The van der Waals surface area contributed by atoms with Gasteiger partial charge in [0.25, 0.3) is 0 Å². The molecule has 3 amide bonds. The predicted octanol–water partition coefficient (Wildman–Crippen LogP) is 11.0. The second kappa shape index (κ2) is 28.2. The van der Waals surface area contributed by atoms with E-state index in [-0.39, 0.29) is 53.1 Å². The van der Waals surface area contributed by atoms with Crippen molar-refractivity contribution >= 4 is 46.7 Å². The van der Waals surface area contributed by atoms with Crippen LogP contribution in [0.5, 0.6) is 28.7 Å². The highest BCUT2D eigenvalue weighted by Gasteiger charge is 2.59. The molecule has 12 rings (SSSR count). The normalized spacial score (nSPS) is 18.7. The molecule has 5 aromatic rings. The second-order valence-corrected chi connectivity index (χ2v) is 27.6. The fourth-order valence-electron chi connectivity index (χ4n) is 12.0. The fourth-order valence-corrected chi connectivity index (χ4v) is 12.0. The molecule has 3 aliphatic heterocycles. The summed E-state index contributed by atoms with van der Waals surface area (Å²) in [6.07, 6.45) is 28.2. The van der Waals surface area contributed by atoms with Crippen LogP contribution in [0.2, 0.25) is 0 Å². The van der Waals surface area contributed by atoms with Crippen molar-refractivity contribution in [2.45, 2.75) is 205 Å². The highest BCUT2D eigenvalue weighted by Crippen LogP contribution is 2.52. The standard InChI is InChI=1S/3C16H23N3O3.C11H16N2O.C7H10N2O/c2*1-15(2,3)22-14(20)19-7-5-16(19)8-11(9-16)21-13-4-6-18-10-12(13)17;1-15(2,3)22-14(20)19-9-16(10-19)6-11(7-16)21-13-4-5-18-8-12(13)17;12-10-8-13-7-6-11(10)14-9-4-2-1-3-5-9;1-5-3-7(10-2)6(8)4-9-5/h2*4,6,10-11H,5,7-9,17H2,1-3H3;4-5,8,11H,6-7,9-10,17H2,1-3H3;6-9H,1-5,12H2;3-4H,8H2,1-2H3. The van der Waals surface area contributed by atoms with Crippen LogP contribution in [0, 0.1) is 12.3 Å². The van der Waals surface area contributed by atoms with Gasteiger partial charge in [0, 0.05) is 118 Å².